The van der Waals surface area contributed by atoms with E-state index in [1.54, 1.807) is 0 Å². The molecular formula is C6H12N2Si. The molecule has 9 heavy (non-hydrogen) atoms. The highest BCUT2D eigenvalue weighted by Crippen LogP contribution is 1.98. The standard InChI is InChI=1S/C6H12N2Si/c1-9(2,3)6-4-7-8-5-6/h4-5H,1-3H3,(H,7,8). The van der Waals surface area contributed by atoms with Crippen molar-refractivity contribution in [1.29, 1.82) is 0 Å². The van der Waals surface area contributed by atoms with E-state index in [4.69, 9.17) is 0 Å². The van der Waals surface area contributed by atoms with Gasteiger partial charge in [-0.1, -0.05) is 19.6 Å². The van der Waals surface area contributed by atoms with Gasteiger partial charge < -0.3 is 0 Å². The van der Waals surface area contributed by atoms with Gasteiger partial charge in [-0.25, -0.2) is 0 Å². The molecule has 0 aliphatic heterocycles. The summed E-state index contributed by atoms with van der Waals surface area (Å²) in [6, 6.07) is 0. The number of hydrogen-bond acceptors (Lipinski definition) is 1. The summed E-state index contributed by atoms with van der Waals surface area (Å²) in [5.74, 6) is 0. The summed E-state index contributed by atoms with van der Waals surface area (Å²) in [7, 11) is -1.07. The van der Waals surface area contributed by atoms with Gasteiger partial charge in [0.05, 0.1) is 8.07 Å². The SMILES string of the molecule is C[Si](C)(C)c1cn[nH]c1. The highest BCUT2D eigenvalue weighted by molar-refractivity contribution is 6.88. The molecule has 0 saturated carbocycles. The molecule has 0 aliphatic rings. The molecule has 0 unspecified atom stereocenters. The minimum absolute atomic E-state index is 1.07. The first-order chi connectivity index (χ1) is 4.11. The first-order valence-corrected chi connectivity index (χ1v) is 6.60. The molecule has 1 rings (SSSR count). The summed E-state index contributed by atoms with van der Waals surface area (Å²) in [5.41, 5.74) is 0. The molecule has 0 aromatic carbocycles. The molecule has 1 N–H and O–H groups in total. The van der Waals surface area contributed by atoms with Gasteiger partial charge in [0.25, 0.3) is 0 Å². The van der Waals surface area contributed by atoms with Crippen molar-refractivity contribution >= 4 is 13.3 Å². The number of H-pyrrole nitrogens is 1. The Morgan fingerprint density at radius 1 is 1.44 bits per heavy atom. The van der Waals surface area contributed by atoms with Gasteiger partial charge in [0.1, 0.15) is 0 Å². The van der Waals surface area contributed by atoms with E-state index in [-0.39, 0.29) is 0 Å². The summed E-state index contributed by atoms with van der Waals surface area (Å²) in [4.78, 5) is 0. The predicted molar refractivity (Wildman–Crippen MR) is 41.6 cm³/mol. The van der Waals surface area contributed by atoms with Crippen molar-refractivity contribution in [3.63, 3.8) is 0 Å². The van der Waals surface area contributed by atoms with Crippen LogP contribution in [-0.2, 0) is 0 Å². The first kappa shape index (κ1) is 6.55. The quantitative estimate of drug-likeness (QED) is 0.578. The van der Waals surface area contributed by atoms with Crippen LogP contribution in [0.3, 0.4) is 0 Å². The van der Waals surface area contributed by atoms with Crippen LogP contribution in [-0.4, -0.2) is 18.3 Å². The number of aromatic amines is 1. The number of nitrogens with zero attached hydrogens (tertiary/aromatic N) is 1. The lowest BCUT2D eigenvalue weighted by Gasteiger charge is -2.11. The van der Waals surface area contributed by atoms with Gasteiger partial charge in [-0.2, -0.15) is 5.10 Å². The third-order valence-corrected chi connectivity index (χ3v) is 3.37. The molecule has 0 fully saturated rings. The Hall–Kier alpha value is -0.573. The smallest absolute Gasteiger partial charge is 0.0817 e. The topological polar surface area (TPSA) is 28.7 Å². The molecule has 0 aliphatic carbocycles. The summed E-state index contributed by atoms with van der Waals surface area (Å²) in [6.45, 7) is 6.91. The largest absolute Gasteiger partial charge is 0.286 e. The lowest BCUT2D eigenvalue weighted by Crippen LogP contribution is -2.36. The average molecular weight is 140 g/mol. The second-order valence-electron chi connectivity index (χ2n) is 3.24. The van der Waals surface area contributed by atoms with Crippen LogP contribution < -0.4 is 5.19 Å². The first-order valence-electron chi connectivity index (χ1n) is 3.10. The van der Waals surface area contributed by atoms with E-state index in [1.165, 1.54) is 5.19 Å². The van der Waals surface area contributed by atoms with E-state index >= 15 is 0 Å². The van der Waals surface area contributed by atoms with Crippen LogP contribution in [0.4, 0.5) is 0 Å². The van der Waals surface area contributed by atoms with Gasteiger partial charge in [-0.05, 0) is 5.19 Å². The van der Waals surface area contributed by atoms with Crippen molar-refractivity contribution < 1.29 is 0 Å². The fourth-order valence-corrected chi connectivity index (χ4v) is 1.61. The van der Waals surface area contributed by atoms with E-state index in [1.807, 2.05) is 12.4 Å². The maximum Gasteiger partial charge on any atom is 0.0817 e. The minimum atomic E-state index is -1.07. The van der Waals surface area contributed by atoms with Crippen LogP contribution in [0, 0.1) is 0 Å². The van der Waals surface area contributed by atoms with Gasteiger partial charge in [0.2, 0.25) is 0 Å². The molecule has 1 aromatic rings. The molecule has 0 atom stereocenters. The van der Waals surface area contributed by atoms with Crippen molar-refractivity contribution in [3.8, 4) is 0 Å². The fourth-order valence-electron chi connectivity index (χ4n) is 0.661. The summed E-state index contributed by atoms with van der Waals surface area (Å²) in [6.07, 6.45) is 3.92. The van der Waals surface area contributed by atoms with E-state index in [0.29, 0.717) is 0 Å². The zero-order valence-electron chi connectivity index (χ0n) is 6.10. The Balaban J connectivity index is 2.90. The third-order valence-electron chi connectivity index (χ3n) is 1.36. The van der Waals surface area contributed by atoms with Crippen LogP contribution in [0.2, 0.25) is 19.6 Å². The monoisotopic (exact) mass is 140 g/mol. The maximum atomic E-state index is 3.90. The Kier molecular flexibility index (Phi) is 1.44. The zero-order valence-corrected chi connectivity index (χ0v) is 7.10. The van der Waals surface area contributed by atoms with E-state index in [0.717, 1.165) is 0 Å². The molecule has 1 heterocycles. The Labute approximate surface area is 56.3 Å². The second-order valence-corrected chi connectivity index (χ2v) is 8.31. The molecule has 50 valence electrons. The summed E-state index contributed by atoms with van der Waals surface area (Å²) < 4.78 is 0. The molecule has 0 saturated heterocycles. The van der Waals surface area contributed by atoms with E-state index < -0.39 is 8.07 Å². The fraction of sp³-hybridized carbons (Fsp3) is 0.500. The lowest BCUT2D eigenvalue weighted by molar-refractivity contribution is 1.09. The lowest BCUT2D eigenvalue weighted by atomic mass is 10.7. The maximum absolute atomic E-state index is 3.90. The zero-order chi connectivity index (χ0) is 6.91. The number of rotatable bonds is 1. The summed E-state index contributed by atoms with van der Waals surface area (Å²) in [5, 5.41) is 8.11. The minimum Gasteiger partial charge on any atom is -0.286 e. The van der Waals surface area contributed by atoms with E-state index in [9.17, 15) is 0 Å². The van der Waals surface area contributed by atoms with E-state index in [2.05, 4.69) is 29.8 Å². The van der Waals surface area contributed by atoms with Crippen molar-refractivity contribution in [2.24, 2.45) is 0 Å². The molecular weight excluding hydrogens is 128 g/mol. The highest BCUT2D eigenvalue weighted by Gasteiger charge is 2.16. The van der Waals surface area contributed by atoms with Crippen LogP contribution in [0.5, 0.6) is 0 Å². The van der Waals surface area contributed by atoms with Gasteiger partial charge in [0, 0.05) is 12.4 Å². The Morgan fingerprint density at radius 3 is 2.33 bits per heavy atom. The predicted octanol–water partition coefficient (Wildman–Crippen LogP) is 0.955. The van der Waals surface area contributed by atoms with Crippen LogP contribution in [0.1, 0.15) is 0 Å². The van der Waals surface area contributed by atoms with Gasteiger partial charge in [-0.15, -0.1) is 0 Å². The molecule has 0 bridgehead atoms. The van der Waals surface area contributed by atoms with Gasteiger partial charge >= 0.3 is 0 Å². The molecule has 2 nitrogen and oxygen atoms in total. The van der Waals surface area contributed by atoms with Crippen molar-refractivity contribution in [1.82, 2.24) is 10.2 Å². The Bertz CT molecular complexity index is 173. The van der Waals surface area contributed by atoms with Crippen molar-refractivity contribution in [2.45, 2.75) is 19.6 Å². The number of aromatic nitrogens is 2. The Morgan fingerprint density at radius 2 is 2.11 bits per heavy atom. The number of hydrogen-bond donors (Lipinski definition) is 1. The van der Waals surface area contributed by atoms with Crippen molar-refractivity contribution in [3.05, 3.63) is 12.4 Å². The molecule has 0 spiro atoms. The second kappa shape index (κ2) is 1.99. The number of nitrogens with one attached hydrogen (secondary N) is 1. The van der Waals surface area contributed by atoms with Crippen molar-refractivity contribution in [2.75, 3.05) is 0 Å². The van der Waals surface area contributed by atoms with Crippen LogP contribution in [0.15, 0.2) is 12.4 Å². The average Bonchev–Trinajstić information content (AvgIpc) is 2.08. The molecule has 3 heteroatoms. The third kappa shape index (κ3) is 1.42. The van der Waals surface area contributed by atoms with Gasteiger partial charge in [0.15, 0.2) is 0 Å². The highest BCUT2D eigenvalue weighted by atomic mass is 28.3. The van der Waals surface area contributed by atoms with Gasteiger partial charge in [-0.3, -0.25) is 5.10 Å². The van der Waals surface area contributed by atoms with Crippen LogP contribution in [0.25, 0.3) is 0 Å². The van der Waals surface area contributed by atoms with Crippen LogP contribution >= 0.6 is 0 Å². The molecule has 0 radical (unpaired) electrons. The molecule has 1 aromatic heterocycles. The normalized spacial score (nSPS) is 11.9. The molecule has 0 amide bonds. The summed E-state index contributed by atoms with van der Waals surface area (Å²) >= 11 is 0.